The van der Waals surface area contributed by atoms with Gasteiger partial charge in [-0.05, 0) is 18.6 Å². The Labute approximate surface area is 224 Å². The molecule has 1 aromatic carbocycles. The maximum absolute atomic E-state index is 14.9. The molecule has 0 saturated carbocycles. The number of alkyl halides is 7. The number of fused-ring (bicyclic) bond motifs is 2. The number of nitrogens with two attached hydrogens (primary N) is 1. The number of benzene rings is 1. The molecule has 0 aliphatic carbocycles. The summed E-state index contributed by atoms with van der Waals surface area (Å²) in [5.41, 5.74) is 3.09. The van der Waals surface area contributed by atoms with E-state index in [1.807, 2.05) is 0 Å². The van der Waals surface area contributed by atoms with Gasteiger partial charge in [0.25, 0.3) is 11.5 Å². The van der Waals surface area contributed by atoms with Crippen LogP contribution in [-0.2, 0) is 4.79 Å². The number of aromatic amines is 1. The molecule has 0 unspecified atom stereocenters. The summed E-state index contributed by atoms with van der Waals surface area (Å²) in [7, 11) is 0. The number of carbonyl (C=O) groups is 1. The third kappa shape index (κ3) is 5.32. The minimum Gasteiger partial charge on any atom is -0.395 e. The van der Waals surface area contributed by atoms with Gasteiger partial charge in [0.1, 0.15) is 6.04 Å². The largest absolute Gasteiger partial charge is 0.586 e. The highest BCUT2D eigenvalue weighted by atomic mass is 32.1. The lowest BCUT2D eigenvalue weighted by Gasteiger charge is -2.40. The molecule has 40 heavy (non-hydrogen) atoms. The predicted octanol–water partition coefficient (Wildman–Crippen LogP) is 4.32. The van der Waals surface area contributed by atoms with Crippen molar-refractivity contribution in [1.82, 2.24) is 14.9 Å². The lowest BCUT2D eigenvalue weighted by Crippen LogP contribution is -2.52. The molecule has 17 heteroatoms. The number of ether oxygens (including phenoxy) is 2. The molecule has 4 heterocycles. The van der Waals surface area contributed by atoms with Crippen molar-refractivity contribution < 1.29 is 45.0 Å². The van der Waals surface area contributed by atoms with Crippen molar-refractivity contribution in [3.05, 3.63) is 45.9 Å². The average Bonchev–Trinajstić information content (AvgIpc) is 3.37. The number of halogens is 7. The summed E-state index contributed by atoms with van der Waals surface area (Å²) in [6.07, 6.45) is -8.55. The van der Waals surface area contributed by atoms with E-state index in [2.05, 4.69) is 24.8 Å². The first-order chi connectivity index (χ1) is 18.5. The fraction of sp³-hybridized carbons (Fsp3) is 0.435. The van der Waals surface area contributed by atoms with Crippen molar-refractivity contribution in [3.63, 3.8) is 0 Å². The second kappa shape index (κ2) is 9.59. The van der Waals surface area contributed by atoms with Crippen LogP contribution in [0.2, 0.25) is 0 Å². The van der Waals surface area contributed by atoms with E-state index in [0.29, 0.717) is 4.70 Å². The number of hydrogen-bond acceptors (Lipinski definition) is 8. The fourth-order valence-electron chi connectivity index (χ4n) is 4.56. The molecule has 1 amide bonds. The van der Waals surface area contributed by atoms with E-state index < -0.39 is 66.4 Å². The molecular weight excluding hydrogens is 575 g/mol. The molecule has 1 saturated heterocycles. The van der Waals surface area contributed by atoms with Crippen LogP contribution in [0, 0.1) is 0 Å². The van der Waals surface area contributed by atoms with Crippen LogP contribution in [0.4, 0.5) is 35.9 Å². The summed E-state index contributed by atoms with van der Waals surface area (Å²) in [6.45, 7) is 0.842. The van der Waals surface area contributed by atoms with Crippen molar-refractivity contribution in [3.8, 4) is 11.5 Å². The number of likely N-dealkylation sites (tertiary alicyclic amines) is 1. The van der Waals surface area contributed by atoms with E-state index in [4.69, 9.17) is 5.73 Å². The molecule has 1 fully saturated rings. The Kier molecular flexibility index (Phi) is 6.74. The van der Waals surface area contributed by atoms with Gasteiger partial charge in [0, 0.05) is 43.4 Å². The highest BCUT2D eigenvalue weighted by Crippen LogP contribution is 2.45. The van der Waals surface area contributed by atoms with Gasteiger partial charge in [-0.2, -0.15) is 13.2 Å². The Bertz CT molecular complexity index is 1480. The molecule has 2 aromatic heterocycles. The molecule has 2 aliphatic heterocycles. The van der Waals surface area contributed by atoms with Crippen LogP contribution in [-0.4, -0.2) is 58.3 Å². The molecule has 2 aliphatic rings. The van der Waals surface area contributed by atoms with Gasteiger partial charge in [-0.15, -0.1) is 8.78 Å². The summed E-state index contributed by atoms with van der Waals surface area (Å²) in [4.78, 5) is 32.6. The zero-order chi connectivity index (χ0) is 29.2. The topological polar surface area (TPSA) is 123 Å². The van der Waals surface area contributed by atoms with Crippen LogP contribution in [0.15, 0.2) is 29.2 Å². The number of aromatic nitrogens is 2. The number of H-pyrrole nitrogens is 1. The molecule has 0 bridgehead atoms. The second-order valence-corrected chi connectivity index (χ2v) is 10.4. The molecular formula is C23H20F7N5O4S. The lowest BCUT2D eigenvalue weighted by atomic mass is 9.86. The number of carbonyl (C=O) groups excluding carboxylic acids is 1. The van der Waals surface area contributed by atoms with Gasteiger partial charge < -0.3 is 25.5 Å². The number of anilines is 1. The first kappa shape index (κ1) is 28.1. The molecule has 216 valence electrons. The van der Waals surface area contributed by atoms with Crippen molar-refractivity contribution in [2.24, 2.45) is 5.73 Å². The summed E-state index contributed by atoms with van der Waals surface area (Å²) in [5.74, 6) is -6.03. The third-order valence-corrected chi connectivity index (χ3v) is 7.71. The van der Waals surface area contributed by atoms with Gasteiger partial charge in [-0.25, -0.2) is 13.8 Å². The summed E-state index contributed by atoms with van der Waals surface area (Å²) in [6, 6.07) is -0.407. The van der Waals surface area contributed by atoms with Gasteiger partial charge in [0.2, 0.25) is 5.91 Å². The number of nitrogens with zero attached hydrogens (tertiary/aromatic N) is 2. The minimum atomic E-state index is -4.97. The first-order valence-corrected chi connectivity index (χ1v) is 12.5. The normalized spacial score (nSPS) is 21.8. The number of pyridine rings is 1. The van der Waals surface area contributed by atoms with Gasteiger partial charge in [0.15, 0.2) is 16.6 Å². The predicted molar refractivity (Wildman–Crippen MR) is 128 cm³/mol. The van der Waals surface area contributed by atoms with Crippen LogP contribution in [0.3, 0.4) is 0 Å². The monoisotopic (exact) mass is 595 g/mol. The quantitative estimate of drug-likeness (QED) is 0.376. The van der Waals surface area contributed by atoms with Gasteiger partial charge in [-0.1, -0.05) is 11.3 Å². The Balaban J connectivity index is 1.32. The maximum Gasteiger partial charge on any atom is 0.586 e. The van der Waals surface area contributed by atoms with Crippen molar-refractivity contribution in [2.45, 2.75) is 49.7 Å². The zero-order valence-electron chi connectivity index (χ0n) is 20.3. The second-order valence-electron chi connectivity index (χ2n) is 9.41. The molecule has 0 radical (unpaired) electrons. The smallest absolute Gasteiger partial charge is 0.395 e. The standard InChI is InChI=1S/C23H20F7N5O4S/c1-9(18(36)34-20-33-13-5-14-15(6-16(13)40-20)39-23(29,30)38-14)35-3-2-21(24,25)12(8-35)10-4-11(19(37)32-7-10)17(31)22(26,27)28/h4-7,9,12,17H,2-3,8,31H2,1H3,(H,32,37)(H,33,34,36)/t9-,12+,17-/m0/s1. The van der Waals surface area contributed by atoms with Crippen LogP contribution in [0.1, 0.15) is 36.4 Å². The Hall–Kier alpha value is -3.44. The van der Waals surface area contributed by atoms with Gasteiger partial charge in [0.05, 0.1) is 22.2 Å². The number of rotatable bonds is 5. The minimum absolute atomic E-state index is 0.104. The summed E-state index contributed by atoms with van der Waals surface area (Å²) in [5, 5.41) is 2.67. The molecule has 3 atom stereocenters. The van der Waals surface area contributed by atoms with Gasteiger partial charge >= 0.3 is 12.5 Å². The first-order valence-electron chi connectivity index (χ1n) is 11.7. The lowest BCUT2D eigenvalue weighted by molar-refractivity contribution is -0.286. The summed E-state index contributed by atoms with van der Waals surface area (Å²) >= 11 is 0.961. The third-order valence-electron chi connectivity index (χ3n) is 6.77. The van der Waals surface area contributed by atoms with Crippen molar-refractivity contribution in [2.75, 3.05) is 18.4 Å². The average molecular weight is 595 g/mol. The SMILES string of the molecule is C[C@@H](C(=O)Nc1nc2cc3c(cc2s1)OC(F)(F)O3)N1CCC(F)(F)[C@@H](c2c[nH]c(=O)c([C@H](N)C(F)(F)F)c2)C1. The van der Waals surface area contributed by atoms with E-state index in [1.165, 1.54) is 24.0 Å². The van der Waals surface area contributed by atoms with Crippen LogP contribution < -0.4 is 26.1 Å². The molecule has 5 rings (SSSR count). The Morgan fingerprint density at radius 2 is 1.90 bits per heavy atom. The van der Waals surface area contributed by atoms with Crippen LogP contribution in [0.25, 0.3) is 10.2 Å². The Morgan fingerprint density at radius 1 is 1.23 bits per heavy atom. The van der Waals surface area contributed by atoms with E-state index in [1.54, 1.807) is 0 Å². The van der Waals surface area contributed by atoms with E-state index in [-0.39, 0.29) is 34.3 Å². The summed E-state index contributed by atoms with van der Waals surface area (Å²) < 4.78 is 105. The highest BCUT2D eigenvalue weighted by molar-refractivity contribution is 7.22. The van der Waals surface area contributed by atoms with E-state index in [9.17, 15) is 40.3 Å². The van der Waals surface area contributed by atoms with Crippen LogP contribution in [0.5, 0.6) is 11.5 Å². The van der Waals surface area contributed by atoms with Crippen molar-refractivity contribution in [1.29, 1.82) is 0 Å². The number of hydrogen-bond donors (Lipinski definition) is 3. The number of thiazole rings is 1. The fourth-order valence-corrected chi connectivity index (χ4v) is 5.44. The number of nitrogens with one attached hydrogen (secondary N) is 2. The number of piperidine rings is 1. The highest BCUT2D eigenvalue weighted by Gasteiger charge is 2.48. The zero-order valence-corrected chi connectivity index (χ0v) is 21.1. The molecule has 3 aromatic rings. The Morgan fingerprint density at radius 3 is 2.58 bits per heavy atom. The van der Waals surface area contributed by atoms with Crippen LogP contribution >= 0.6 is 11.3 Å². The van der Waals surface area contributed by atoms with E-state index >= 15 is 0 Å². The van der Waals surface area contributed by atoms with Crippen molar-refractivity contribution >= 4 is 32.6 Å². The van der Waals surface area contributed by atoms with E-state index in [0.717, 1.165) is 23.6 Å². The molecule has 4 N–H and O–H groups in total. The molecule has 0 spiro atoms. The molecule has 9 nitrogen and oxygen atoms in total. The number of amides is 1. The maximum atomic E-state index is 14.9. The van der Waals surface area contributed by atoms with Gasteiger partial charge in [-0.3, -0.25) is 14.5 Å².